The summed E-state index contributed by atoms with van der Waals surface area (Å²) in [5.74, 6) is -0.291. The molecule has 0 spiro atoms. The molecule has 6 heterocycles. The van der Waals surface area contributed by atoms with Crippen molar-refractivity contribution in [1.29, 1.82) is 0 Å². The fourth-order valence-electron chi connectivity index (χ4n) is 7.97. The van der Waals surface area contributed by atoms with Gasteiger partial charge in [-0.3, -0.25) is 24.1 Å². The van der Waals surface area contributed by atoms with Gasteiger partial charge in [0.25, 0.3) is 0 Å². The summed E-state index contributed by atoms with van der Waals surface area (Å²) in [5, 5.41) is 19.8. The van der Waals surface area contributed by atoms with E-state index < -0.39 is 24.0 Å². The van der Waals surface area contributed by atoms with Crippen molar-refractivity contribution < 1.29 is 19.5 Å². The van der Waals surface area contributed by atoms with Crippen LogP contribution >= 0.6 is 31.9 Å². The average Bonchev–Trinajstić information content (AvgIpc) is 3.55. The lowest BCUT2D eigenvalue weighted by molar-refractivity contribution is -0.137. The van der Waals surface area contributed by atoms with E-state index in [4.69, 9.17) is 0 Å². The molecule has 55 heavy (non-hydrogen) atoms. The molecule has 3 fully saturated rings. The van der Waals surface area contributed by atoms with Gasteiger partial charge in [-0.05, 0) is 125 Å². The first-order valence-corrected chi connectivity index (χ1v) is 20.5. The van der Waals surface area contributed by atoms with Crippen LogP contribution in [0.15, 0.2) is 68.7 Å². The number of fused-ring (bicyclic) bond motifs is 1. The molecule has 1 aromatic carbocycles. The molecule has 4 aromatic rings. The number of hydrogen-bond acceptors (Lipinski definition) is 9. The lowest BCUT2D eigenvalue weighted by atomic mass is 9.90. The number of rotatable bonds is 10. The molecule has 292 valence electrons. The predicted molar refractivity (Wildman–Crippen MR) is 215 cm³/mol. The highest BCUT2D eigenvalue weighted by Crippen LogP contribution is 2.34. The number of imidazole rings is 1. The Hall–Kier alpha value is -4.48. The second kappa shape index (κ2) is 17.5. The van der Waals surface area contributed by atoms with Crippen molar-refractivity contribution >= 4 is 66.6 Å². The number of piperidine rings is 2. The number of phenolic OH excluding ortho intramolecular Hbond substituents is 1. The third kappa shape index (κ3) is 9.15. The molecular weight excluding hydrogens is 836 g/mol. The Bertz CT molecular complexity index is 2020. The van der Waals surface area contributed by atoms with Crippen molar-refractivity contribution in [1.82, 2.24) is 45.3 Å². The minimum absolute atomic E-state index is 0.0263. The van der Waals surface area contributed by atoms with Crippen molar-refractivity contribution in [2.24, 2.45) is 5.92 Å². The molecule has 3 saturated heterocycles. The number of likely N-dealkylation sites (tertiary alicyclic amines) is 1. The third-order valence-electron chi connectivity index (χ3n) is 11.0. The van der Waals surface area contributed by atoms with Crippen LogP contribution < -0.4 is 26.5 Å². The first-order valence-electron chi connectivity index (χ1n) is 18.9. The summed E-state index contributed by atoms with van der Waals surface area (Å²) in [4.78, 5) is 72.3. The number of anilines is 1. The van der Waals surface area contributed by atoms with E-state index in [0.29, 0.717) is 78.7 Å². The summed E-state index contributed by atoms with van der Waals surface area (Å²) in [6.45, 7) is 4.84. The first-order chi connectivity index (χ1) is 26.6. The number of halogens is 2. The molecule has 0 aliphatic carbocycles. The fraction of sp³-hybridized carbons (Fsp3) is 0.474. The maximum Gasteiger partial charge on any atom is 0.327 e. The van der Waals surface area contributed by atoms with Crippen LogP contribution in [-0.2, 0) is 16.0 Å². The van der Waals surface area contributed by atoms with Crippen molar-refractivity contribution in [3.8, 4) is 5.75 Å². The molecule has 3 aliphatic rings. The molecule has 0 saturated carbocycles. The van der Waals surface area contributed by atoms with Crippen LogP contribution in [0, 0.1) is 5.92 Å². The van der Waals surface area contributed by atoms with Crippen molar-refractivity contribution in [3.63, 3.8) is 0 Å². The van der Waals surface area contributed by atoms with Crippen molar-refractivity contribution in [2.75, 3.05) is 57.3 Å². The highest BCUT2D eigenvalue weighted by Gasteiger charge is 2.35. The minimum atomic E-state index is -1.03. The fourth-order valence-corrected chi connectivity index (χ4v) is 9.26. The molecule has 0 bridgehead atoms. The minimum Gasteiger partial charge on any atom is -0.506 e. The Labute approximate surface area is 335 Å². The highest BCUT2D eigenvalue weighted by molar-refractivity contribution is 9.11. The van der Waals surface area contributed by atoms with Gasteiger partial charge in [-0.1, -0.05) is 0 Å². The summed E-state index contributed by atoms with van der Waals surface area (Å²) in [6, 6.07) is 8.68. The Kier molecular flexibility index (Phi) is 12.4. The maximum atomic E-state index is 14.4. The zero-order valence-electron chi connectivity index (χ0n) is 30.4. The van der Waals surface area contributed by atoms with E-state index in [9.17, 15) is 24.3 Å². The number of phenols is 1. The van der Waals surface area contributed by atoms with E-state index >= 15 is 0 Å². The van der Waals surface area contributed by atoms with E-state index in [1.54, 1.807) is 46.3 Å². The third-order valence-corrected chi connectivity index (χ3v) is 12.2. The van der Waals surface area contributed by atoms with E-state index in [1.165, 1.54) is 0 Å². The number of carbonyl (C=O) groups is 3. The number of aromatic hydroxyl groups is 1. The molecule has 3 aromatic heterocycles. The molecule has 4 amide bonds. The number of aromatic nitrogens is 4. The van der Waals surface area contributed by atoms with Gasteiger partial charge in [0.2, 0.25) is 11.8 Å². The van der Waals surface area contributed by atoms with Crippen LogP contribution in [0.5, 0.6) is 5.75 Å². The largest absolute Gasteiger partial charge is 0.506 e. The van der Waals surface area contributed by atoms with Crippen LogP contribution in [0.4, 0.5) is 10.5 Å². The Balaban J connectivity index is 1.06. The van der Waals surface area contributed by atoms with E-state index in [0.717, 1.165) is 37.1 Å². The van der Waals surface area contributed by atoms with Crippen LogP contribution in [-0.4, -0.2) is 117 Å². The molecule has 7 rings (SSSR count). The molecule has 3 aliphatic heterocycles. The van der Waals surface area contributed by atoms with Crippen molar-refractivity contribution in [3.05, 3.63) is 80.0 Å². The van der Waals surface area contributed by atoms with Crippen molar-refractivity contribution in [2.45, 2.75) is 56.7 Å². The summed E-state index contributed by atoms with van der Waals surface area (Å²) in [5.41, 5.74) is 2.77. The zero-order valence-corrected chi connectivity index (χ0v) is 33.6. The van der Waals surface area contributed by atoms with Gasteiger partial charge in [0.1, 0.15) is 17.8 Å². The van der Waals surface area contributed by atoms with E-state index in [2.05, 4.69) is 67.7 Å². The van der Waals surface area contributed by atoms with Gasteiger partial charge < -0.3 is 35.8 Å². The van der Waals surface area contributed by atoms with E-state index in [1.807, 2.05) is 23.1 Å². The second-order valence-electron chi connectivity index (χ2n) is 14.5. The molecule has 17 heteroatoms. The van der Waals surface area contributed by atoms with Gasteiger partial charge in [-0.15, -0.1) is 0 Å². The number of nitrogens with zero attached hydrogens (tertiary/aromatic N) is 6. The Morgan fingerprint density at radius 2 is 1.56 bits per heavy atom. The van der Waals surface area contributed by atoms with Gasteiger partial charge in [-0.25, -0.2) is 14.6 Å². The van der Waals surface area contributed by atoms with Gasteiger partial charge >= 0.3 is 11.7 Å². The van der Waals surface area contributed by atoms with Crippen LogP contribution in [0.25, 0.3) is 11.2 Å². The maximum absolute atomic E-state index is 14.4. The number of carbonyl (C=O) groups excluding carboxylic acids is 3. The average molecular weight is 883 g/mol. The molecule has 5 N–H and O–H groups in total. The summed E-state index contributed by atoms with van der Waals surface area (Å²) in [6.07, 6.45) is 8.67. The predicted octanol–water partition coefficient (Wildman–Crippen LogP) is 3.53. The quantitative estimate of drug-likeness (QED) is 0.159. The molecule has 15 nitrogen and oxygen atoms in total. The normalized spacial score (nSPS) is 18.3. The standard InChI is InChI=1S/C38H46Br2N10O5/c39-28-20-25(21-29(40)33(28)51)23-30(45-37(54)49-14-7-27(8-15-49)50-32-2-1-9-43-34(32)46-38(50)55)35(52)44-31(22-24-3-10-41-11-4-24)36(53)48-18-16-47(17-19-48)26-5-12-42-13-6-26/h1-2,5-6,9,12-13,20-21,24,27,30-31,41,51H,3-4,7-8,10-11,14-19,22-23H2,(H,44,52)(H,45,54)(H,43,46,55)/t30-,31+/m1/s1. The number of urea groups is 1. The summed E-state index contributed by atoms with van der Waals surface area (Å²) >= 11 is 6.78. The Morgan fingerprint density at radius 1 is 0.873 bits per heavy atom. The molecule has 0 unspecified atom stereocenters. The number of benzene rings is 1. The Morgan fingerprint density at radius 3 is 2.25 bits per heavy atom. The highest BCUT2D eigenvalue weighted by atomic mass is 79.9. The lowest BCUT2D eigenvalue weighted by Crippen LogP contribution is -2.59. The number of piperazine rings is 1. The van der Waals surface area contributed by atoms with Gasteiger partial charge in [-0.2, -0.15) is 0 Å². The van der Waals surface area contributed by atoms with Crippen LogP contribution in [0.1, 0.15) is 43.7 Å². The smallest absolute Gasteiger partial charge is 0.327 e. The first kappa shape index (κ1) is 38.8. The number of aromatic amines is 1. The lowest BCUT2D eigenvalue weighted by Gasteiger charge is -2.38. The van der Waals surface area contributed by atoms with E-state index in [-0.39, 0.29) is 35.7 Å². The molecule has 2 atom stereocenters. The summed E-state index contributed by atoms with van der Waals surface area (Å²) in [7, 11) is 0. The second-order valence-corrected chi connectivity index (χ2v) is 16.2. The van der Waals surface area contributed by atoms with Gasteiger partial charge in [0.15, 0.2) is 5.65 Å². The topological polar surface area (TPSA) is 181 Å². The number of H-pyrrole nitrogens is 1. The number of amides is 4. The number of hydrogen-bond donors (Lipinski definition) is 5. The zero-order chi connectivity index (χ0) is 38.5. The van der Waals surface area contributed by atoms with Crippen LogP contribution in [0.2, 0.25) is 0 Å². The molecule has 0 radical (unpaired) electrons. The molecular formula is C38H46Br2N10O5. The monoisotopic (exact) mass is 880 g/mol. The van der Waals surface area contributed by atoms with Gasteiger partial charge in [0.05, 0.1) is 14.5 Å². The van der Waals surface area contributed by atoms with Gasteiger partial charge in [0, 0.05) is 76.0 Å². The SMILES string of the molecule is O=C(N[C@@H](CC1CCNCC1)C(=O)N1CCN(c2ccncc2)CC1)[C@@H](Cc1cc(Br)c(O)c(Br)c1)NC(=O)N1CCC(n2c(=O)[nH]c3ncccc32)CC1. The number of nitrogens with one attached hydrogen (secondary N) is 4. The summed E-state index contributed by atoms with van der Waals surface area (Å²) < 4.78 is 2.60. The van der Waals surface area contributed by atoms with Crippen LogP contribution in [0.3, 0.4) is 0 Å². The number of pyridine rings is 2.